The van der Waals surface area contributed by atoms with E-state index in [0.717, 1.165) is 4.90 Å². The van der Waals surface area contributed by atoms with Gasteiger partial charge in [0, 0.05) is 30.8 Å². The molecule has 1 heterocycles. The van der Waals surface area contributed by atoms with Crippen molar-refractivity contribution in [1.29, 1.82) is 0 Å². The van der Waals surface area contributed by atoms with Crippen molar-refractivity contribution in [3.8, 4) is 0 Å². The van der Waals surface area contributed by atoms with Crippen LogP contribution >= 0.6 is 0 Å². The van der Waals surface area contributed by atoms with Crippen LogP contribution in [0, 0.1) is 0 Å². The van der Waals surface area contributed by atoms with Gasteiger partial charge in [0.2, 0.25) is 23.6 Å². The zero-order valence-corrected chi connectivity index (χ0v) is 20.0. The number of nitrogens with one attached hydrogen (secondary N) is 3. The molecule has 0 radical (unpaired) electrons. The molecule has 6 amide bonds. The summed E-state index contributed by atoms with van der Waals surface area (Å²) in [5.74, 6) is -3.20. The molecule has 194 valence electrons. The summed E-state index contributed by atoms with van der Waals surface area (Å²) < 4.78 is 0. The molecular formula is C24H31N5O7. The first-order chi connectivity index (χ1) is 17.1. The third kappa shape index (κ3) is 8.95. The van der Waals surface area contributed by atoms with Gasteiger partial charge >= 0.3 is 0 Å². The van der Waals surface area contributed by atoms with Crippen molar-refractivity contribution in [2.45, 2.75) is 57.7 Å². The highest BCUT2D eigenvalue weighted by Crippen LogP contribution is 2.11. The number of primary amides is 1. The van der Waals surface area contributed by atoms with Gasteiger partial charge in [0.15, 0.2) is 0 Å². The predicted molar refractivity (Wildman–Crippen MR) is 129 cm³/mol. The molecule has 0 saturated heterocycles. The first kappa shape index (κ1) is 28.2. The molecule has 6 N–H and O–H groups in total. The lowest BCUT2D eigenvalue weighted by Gasteiger charge is -2.20. The lowest BCUT2D eigenvalue weighted by atomic mass is 10.1. The molecule has 1 aliphatic heterocycles. The van der Waals surface area contributed by atoms with Crippen LogP contribution in [-0.2, 0) is 35.4 Å². The molecule has 1 aliphatic rings. The Morgan fingerprint density at radius 3 is 2.17 bits per heavy atom. The van der Waals surface area contributed by atoms with Crippen LogP contribution in [0.4, 0.5) is 5.69 Å². The highest BCUT2D eigenvalue weighted by atomic mass is 16.3. The highest BCUT2D eigenvalue weighted by Gasteiger charge is 2.26. The number of hydrogen-bond acceptors (Lipinski definition) is 7. The van der Waals surface area contributed by atoms with Crippen LogP contribution in [0.25, 0.3) is 0 Å². The molecule has 0 saturated carbocycles. The molecule has 36 heavy (non-hydrogen) atoms. The number of aliphatic hydroxyl groups excluding tert-OH is 1. The Bertz CT molecular complexity index is 1000. The molecule has 0 bridgehead atoms. The van der Waals surface area contributed by atoms with Gasteiger partial charge in [-0.25, -0.2) is 0 Å². The maximum absolute atomic E-state index is 12.6. The number of nitrogens with zero attached hydrogens (tertiary/aromatic N) is 1. The Morgan fingerprint density at radius 1 is 0.944 bits per heavy atom. The predicted octanol–water partition coefficient (Wildman–Crippen LogP) is -0.532. The van der Waals surface area contributed by atoms with E-state index in [2.05, 4.69) is 16.0 Å². The van der Waals surface area contributed by atoms with Crippen LogP contribution in [0.5, 0.6) is 0 Å². The zero-order valence-electron chi connectivity index (χ0n) is 20.0. The quantitative estimate of drug-likeness (QED) is 0.167. The smallest absolute Gasteiger partial charge is 0.253 e. The van der Waals surface area contributed by atoms with E-state index in [0.29, 0.717) is 30.5 Å². The standard InChI is InChI=1S/C24H31N5O7/c1-15(26-20(32)5-3-2-4-12-29-21(33)10-11-22(29)34)23(35)28-18(13-19(25)31)24(36)27-17-8-6-16(14-30)7-9-17/h6-11,15,18,30H,2-5,12-14H2,1H3,(H2,25,31)(H,26,32)(H,27,36)(H,28,35)/t15-,18-/m0/s1. The van der Waals surface area contributed by atoms with E-state index in [9.17, 15) is 28.8 Å². The van der Waals surface area contributed by atoms with Gasteiger partial charge in [-0.2, -0.15) is 0 Å². The van der Waals surface area contributed by atoms with Gasteiger partial charge in [-0.3, -0.25) is 33.7 Å². The normalized spacial score (nSPS) is 14.3. The number of benzene rings is 1. The van der Waals surface area contributed by atoms with E-state index in [1.54, 1.807) is 24.3 Å². The number of aliphatic hydroxyl groups is 1. The van der Waals surface area contributed by atoms with Crippen molar-refractivity contribution in [3.05, 3.63) is 42.0 Å². The van der Waals surface area contributed by atoms with Crippen molar-refractivity contribution < 1.29 is 33.9 Å². The third-order valence-corrected chi connectivity index (χ3v) is 5.40. The van der Waals surface area contributed by atoms with Gasteiger partial charge in [0.1, 0.15) is 12.1 Å². The summed E-state index contributed by atoms with van der Waals surface area (Å²) in [7, 11) is 0. The Morgan fingerprint density at radius 2 is 1.58 bits per heavy atom. The van der Waals surface area contributed by atoms with E-state index >= 15 is 0 Å². The third-order valence-electron chi connectivity index (χ3n) is 5.40. The molecule has 0 aliphatic carbocycles. The molecule has 0 spiro atoms. The van der Waals surface area contributed by atoms with Crippen LogP contribution in [0.15, 0.2) is 36.4 Å². The van der Waals surface area contributed by atoms with E-state index in [4.69, 9.17) is 10.8 Å². The van der Waals surface area contributed by atoms with E-state index in [1.807, 2.05) is 0 Å². The molecule has 0 unspecified atom stereocenters. The highest BCUT2D eigenvalue weighted by molar-refractivity contribution is 6.12. The van der Waals surface area contributed by atoms with Crippen LogP contribution in [0.1, 0.15) is 44.6 Å². The fourth-order valence-corrected chi connectivity index (χ4v) is 3.39. The van der Waals surface area contributed by atoms with E-state index in [-0.39, 0.29) is 37.3 Å². The lowest BCUT2D eigenvalue weighted by Crippen LogP contribution is -2.52. The number of hydrogen-bond donors (Lipinski definition) is 5. The van der Waals surface area contributed by atoms with E-state index < -0.39 is 36.2 Å². The summed E-state index contributed by atoms with van der Waals surface area (Å²) >= 11 is 0. The summed E-state index contributed by atoms with van der Waals surface area (Å²) in [4.78, 5) is 72.9. The molecule has 0 fully saturated rings. The van der Waals surface area contributed by atoms with E-state index in [1.165, 1.54) is 19.1 Å². The largest absolute Gasteiger partial charge is 0.392 e. The number of carbonyl (C=O) groups excluding carboxylic acids is 6. The first-order valence-electron chi connectivity index (χ1n) is 11.5. The maximum Gasteiger partial charge on any atom is 0.253 e. The van der Waals surface area contributed by atoms with Gasteiger partial charge in [0.25, 0.3) is 11.8 Å². The second-order valence-electron chi connectivity index (χ2n) is 8.34. The molecule has 2 rings (SSSR count). The molecule has 2 atom stereocenters. The Labute approximate surface area is 208 Å². The summed E-state index contributed by atoms with van der Waals surface area (Å²) in [5, 5.41) is 16.6. The number of unbranched alkanes of at least 4 members (excludes halogenated alkanes) is 2. The maximum atomic E-state index is 12.6. The Kier molecular flexibility index (Phi) is 10.7. The van der Waals surface area contributed by atoms with Crippen LogP contribution in [0.2, 0.25) is 0 Å². The number of amides is 6. The Hall–Kier alpha value is -4.06. The average Bonchev–Trinajstić information content (AvgIpc) is 3.15. The number of carbonyl (C=O) groups is 6. The monoisotopic (exact) mass is 501 g/mol. The van der Waals surface area contributed by atoms with Gasteiger partial charge < -0.3 is 26.8 Å². The van der Waals surface area contributed by atoms with Crippen molar-refractivity contribution >= 4 is 41.1 Å². The second kappa shape index (κ2) is 13.7. The summed E-state index contributed by atoms with van der Waals surface area (Å²) in [6.07, 6.45) is 3.77. The van der Waals surface area contributed by atoms with Crippen LogP contribution in [0.3, 0.4) is 0 Å². The van der Waals surface area contributed by atoms with Crippen molar-refractivity contribution in [1.82, 2.24) is 15.5 Å². The summed E-state index contributed by atoms with van der Waals surface area (Å²) in [6, 6.07) is 4.11. The van der Waals surface area contributed by atoms with Crippen molar-refractivity contribution in [2.24, 2.45) is 5.73 Å². The van der Waals surface area contributed by atoms with Crippen LogP contribution in [-0.4, -0.2) is 64.1 Å². The van der Waals surface area contributed by atoms with Gasteiger partial charge in [0.05, 0.1) is 13.0 Å². The van der Waals surface area contributed by atoms with Crippen molar-refractivity contribution in [3.63, 3.8) is 0 Å². The number of rotatable bonds is 14. The van der Waals surface area contributed by atoms with Gasteiger partial charge in [-0.1, -0.05) is 18.6 Å². The average molecular weight is 502 g/mol. The lowest BCUT2D eigenvalue weighted by molar-refractivity contribution is -0.137. The summed E-state index contributed by atoms with van der Waals surface area (Å²) in [6.45, 7) is 1.56. The number of imide groups is 1. The topological polar surface area (TPSA) is 188 Å². The Balaban J connectivity index is 1.77. The fourth-order valence-electron chi connectivity index (χ4n) is 3.39. The summed E-state index contributed by atoms with van der Waals surface area (Å²) in [5.41, 5.74) is 6.26. The molecule has 12 nitrogen and oxygen atoms in total. The molecule has 1 aromatic rings. The first-order valence-corrected chi connectivity index (χ1v) is 11.5. The van der Waals surface area contributed by atoms with Crippen molar-refractivity contribution in [2.75, 3.05) is 11.9 Å². The minimum absolute atomic E-state index is 0.132. The molecule has 0 aromatic heterocycles. The molecular weight excluding hydrogens is 470 g/mol. The van der Waals surface area contributed by atoms with Gasteiger partial charge in [-0.15, -0.1) is 0 Å². The minimum atomic E-state index is -1.25. The zero-order chi connectivity index (χ0) is 26.7. The minimum Gasteiger partial charge on any atom is -0.392 e. The second-order valence-corrected chi connectivity index (χ2v) is 8.34. The molecule has 12 heteroatoms. The molecule has 1 aromatic carbocycles. The SMILES string of the molecule is C[C@H](NC(=O)CCCCCN1C(=O)C=CC1=O)C(=O)N[C@@H](CC(N)=O)C(=O)Nc1ccc(CO)cc1. The fraction of sp³-hybridized carbons (Fsp3) is 0.417. The van der Waals surface area contributed by atoms with Crippen LogP contribution < -0.4 is 21.7 Å². The number of anilines is 1. The number of nitrogens with two attached hydrogens (primary N) is 1. The van der Waals surface area contributed by atoms with Gasteiger partial charge in [-0.05, 0) is 37.5 Å².